The Balaban J connectivity index is 1.53. The van der Waals surface area contributed by atoms with E-state index in [1.54, 1.807) is 0 Å². The minimum Gasteiger partial charge on any atom is -0.494 e. The average Bonchev–Trinajstić information content (AvgIpc) is 2.73. The predicted octanol–water partition coefficient (Wildman–Crippen LogP) is 6.79. The van der Waals surface area contributed by atoms with Crippen LogP contribution in [0.3, 0.4) is 0 Å². The van der Waals surface area contributed by atoms with Gasteiger partial charge in [-0.1, -0.05) is 39.5 Å². The number of hydrogen-bond acceptors (Lipinski definition) is 3. The van der Waals surface area contributed by atoms with Gasteiger partial charge in [0.1, 0.15) is 5.75 Å². The molecule has 0 atom stereocenters. The Kier molecular flexibility index (Phi) is 7.67. The van der Waals surface area contributed by atoms with Crippen molar-refractivity contribution in [3.05, 3.63) is 42.2 Å². The largest absolute Gasteiger partial charge is 0.494 e. The van der Waals surface area contributed by atoms with E-state index in [9.17, 15) is 0 Å². The zero-order valence-corrected chi connectivity index (χ0v) is 17.0. The second-order valence-corrected chi connectivity index (χ2v) is 7.93. The maximum atomic E-state index is 5.64. The zero-order chi connectivity index (χ0) is 18.9. The summed E-state index contributed by atoms with van der Waals surface area (Å²) in [6.07, 6.45) is 16.0. The Labute approximate surface area is 164 Å². The molecule has 0 bridgehead atoms. The predicted molar refractivity (Wildman–Crippen MR) is 112 cm³/mol. The Morgan fingerprint density at radius 1 is 0.889 bits per heavy atom. The smallest absolute Gasteiger partial charge is 0.159 e. The Morgan fingerprint density at radius 2 is 1.59 bits per heavy atom. The fourth-order valence-corrected chi connectivity index (χ4v) is 4.09. The molecule has 1 heterocycles. The molecule has 1 saturated carbocycles. The summed E-state index contributed by atoms with van der Waals surface area (Å²) >= 11 is 0. The van der Waals surface area contributed by atoms with Crippen LogP contribution in [-0.4, -0.2) is 16.6 Å². The van der Waals surface area contributed by atoms with Crippen LogP contribution in [0.15, 0.2) is 36.7 Å². The number of nitrogens with zero attached hydrogens (tertiary/aromatic N) is 2. The van der Waals surface area contributed by atoms with Gasteiger partial charge in [-0.15, -0.1) is 0 Å². The summed E-state index contributed by atoms with van der Waals surface area (Å²) in [6, 6.07) is 8.09. The van der Waals surface area contributed by atoms with E-state index in [-0.39, 0.29) is 0 Å². The fraction of sp³-hybridized carbons (Fsp3) is 0.583. The monoisotopic (exact) mass is 366 g/mol. The van der Waals surface area contributed by atoms with Crippen LogP contribution in [0.2, 0.25) is 0 Å². The molecular formula is C24H34N2O. The van der Waals surface area contributed by atoms with Crippen molar-refractivity contribution < 1.29 is 4.74 Å². The van der Waals surface area contributed by atoms with E-state index in [0.717, 1.165) is 36.1 Å². The highest BCUT2D eigenvalue weighted by atomic mass is 16.5. The molecule has 0 N–H and O–H groups in total. The van der Waals surface area contributed by atoms with Crippen LogP contribution in [0.1, 0.15) is 83.1 Å². The lowest BCUT2D eigenvalue weighted by Gasteiger charge is -2.28. The van der Waals surface area contributed by atoms with Gasteiger partial charge in [0, 0.05) is 18.0 Å². The summed E-state index contributed by atoms with van der Waals surface area (Å²) in [6.45, 7) is 5.16. The Morgan fingerprint density at radius 3 is 2.22 bits per heavy atom. The summed E-state index contributed by atoms with van der Waals surface area (Å²) in [5, 5.41) is 0. The third-order valence-electron chi connectivity index (χ3n) is 5.79. The zero-order valence-electron chi connectivity index (χ0n) is 17.0. The number of hydrogen-bond donors (Lipinski definition) is 0. The lowest BCUT2D eigenvalue weighted by Crippen LogP contribution is -2.14. The van der Waals surface area contributed by atoms with E-state index in [0.29, 0.717) is 5.92 Å². The van der Waals surface area contributed by atoms with Crippen LogP contribution in [0.5, 0.6) is 5.75 Å². The van der Waals surface area contributed by atoms with Gasteiger partial charge in [-0.25, -0.2) is 9.97 Å². The first-order chi connectivity index (χ1) is 13.3. The van der Waals surface area contributed by atoms with Crippen LogP contribution in [0, 0.1) is 5.92 Å². The number of benzene rings is 1. The number of rotatable bonds is 9. The first-order valence-electron chi connectivity index (χ1n) is 10.8. The number of unbranched alkanes of at least 4 members (excludes halogenated alkanes) is 2. The molecule has 0 spiro atoms. The van der Waals surface area contributed by atoms with Gasteiger partial charge in [0.25, 0.3) is 0 Å². The second-order valence-electron chi connectivity index (χ2n) is 7.93. The molecule has 146 valence electrons. The van der Waals surface area contributed by atoms with Crippen molar-refractivity contribution in [1.82, 2.24) is 9.97 Å². The van der Waals surface area contributed by atoms with Gasteiger partial charge in [0.05, 0.1) is 6.61 Å². The van der Waals surface area contributed by atoms with E-state index < -0.39 is 0 Å². The van der Waals surface area contributed by atoms with Crippen LogP contribution >= 0.6 is 0 Å². The molecule has 0 radical (unpaired) electrons. The molecule has 3 nitrogen and oxygen atoms in total. The summed E-state index contributed by atoms with van der Waals surface area (Å²) < 4.78 is 5.64. The first-order valence-corrected chi connectivity index (χ1v) is 10.8. The molecule has 1 aromatic carbocycles. The van der Waals surface area contributed by atoms with Crippen LogP contribution < -0.4 is 4.74 Å². The van der Waals surface area contributed by atoms with Crippen molar-refractivity contribution in [1.29, 1.82) is 0 Å². The van der Waals surface area contributed by atoms with Crippen LogP contribution in [0.4, 0.5) is 0 Å². The van der Waals surface area contributed by atoms with Crippen molar-refractivity contribution in [2.75, 3.05) is 6.61 Å². The molecular weight excluding hydrogens is 332 g/mol. The van der Waals surface area contributed by atoms with Gasteiger partial charge in [0.15, 0.2) is 5.82 Å². The van der Waals surface area contributed by atoms with Crippen molar-refractivity contribution in [2.45, 2.75) is 77.6 Å². The highest BCUT2D eigenvalue weighted by Crippen LogP contribution is 2.37. The lowest BCUT2D eigenvalue weighted by molar-refractivity contribution is 0.302. The van der Waals surface area contributed by atoms with Crippen molar-refractivity contribution in [3.63, 3.8) is 0 Å². The van der Waals surface area contributed by atoms with Gasteiger partial charge < -0.3 is 4.74 Å². The van der Waals surface area contributed by atoms with Crippen molar-refractivity contribution in [2.24, 2.45) is 5.92 Å². The molecule has 27 heavy (non-hydrogen) atoms. The summed E-state index contributed by atoms with van der Waals surface area (Å²) in [5.74, 6) is 3.30. The molecule has 1 aliphatic carbocycles. The summed E-state index contributed by atoms with van der Waals surface area (Å²) in [5.41, 5.74) is 2.36. The van der Waals surface area contributed by atoms with Gasteiger partial charge in [-0.05, 0) is 73.8 Å². The third-order valence-corrected chi connectivity index (χ3v) is 5.79. The molecule has 1 aromatic heterocycles. The Bertz CT molecular complexity index is 658. The van der Waals surface area contributed by atoms with E-state index in [1.165, 1.54) is 56.9 Å². The summed E-state index contributed by atoms with van der Waals surface area (Å²) in [4.78, 5) is 9.29. The second kappa shape index (κ2) is 10.4. The summed E-state index contributed by atoms with van der Waals surface area (Å²) in [7, 11) is 0. The van der Waals surface area contributed by atoms with E-state index >= 15 is 0 Å². The standard InChI is InChI=1S/C24H34N2O/c1-3-5-6-7-19-8-10-20(11-9-19)22-17-25-24(26-18-22)21-12-14-23(15-13-21)27-16-4-2/h12-15,17-20H,3-11,16H2,1-2H3/t19-,20-. The van der Waals surface area contributed by atoms with Gasteiger partial charge >= 0.3 is 0 Å². The van der Waals surface area contributed by atoms with Crippen molar-refractivity contribution in [3.8, 4) is 17.1 Å². The molecule has 2 aromatic rings. The average molecular weight is 367 g/mol. The highest BCUT2D eigenvalue weighted by molar-refractivity contribution is 5.56. The quantitative estimate of drug-likeness (QED) is 0.458. The minimum atomic E-state index is 0.645. The molecule has 1 fully saturated rings. The third kappa shape index (κ3) is 5.79. The number of ether oxygens (including phenoxy) is 1. The molecule has 0 amide bonds. The fourth-order valence-electron chi connectivity index (χ4n) is 4.09. The van der Waals surface area contributed by atoms with E-state index in [1.807, 2.05) is 36.7 Å². The molecule has 3 heteroatoms. The van der Waals surface area contributed by atoms with Gasteiger partial charge in [0.2, 0.25) is 0 Å². The van der Waals surface area contributed by atoms with Crippen LogP contribution in [0.25, 0.3) is 11.4 Å². The molecule has 3 rings (SSSR count). The number of aromatic nitrogens is 2. The maximum absolute atomic E-state index is 5.64. The van der Waals surface area contributed by atoms with Crippen molar-refractivity contribution >= 4 is 0 Å². The molecule has 0 aliphatic heterocycles. The topological polar surface area (TPSA) is 35.0 Å². The molecule has 1 aliphatic rings. The van der Waals surface area contributed by atoms with Gasteiger partial charge in [-0.2, -0.15) is 0 Å². The normalized spacial score (nSPS) is 19.8. The first kappa shape index (κ1) is 19.9. The maximum Gasteiger partial charge on any atom is 0.159 e. The van der Waals surface area contributed by atoms with Crippen LogP contribution in [-0.2, 0) is 0 Å². The SMILES string of the molecule is CCCCC[C@H]1CC[C@H](c2cnc(-c3ccc(OCCC)cc3)nc2)CC1. The molecule has 0 saturated heterocycles. The van der Waals surface area contributed by atoms with E-state index in [2.05, 4.69) is 23.8 Å². The lowest BCUT2D eigenvalue weighted by atomic mass is 9.77. The Hall–Kier alpha value is -1.90. The minimum absolute atomic E-state index is 0.645. The molecule has 0 unspecified atom stereocenters. The highest BCUT2D eigenvalue weighted by Gasteiger charge is 2.22. The van der Waals surface area contributed by atoms with E-state index in [4.69, 9.17) is 4.74 Å². The van der Waals surface area contributed by atoms with Gasteiger partial charge in [-0.3, -0.25) is 0 Å².